The van der Waals surface area contributed by atoms with E-state index in [1.54, 1.807) is 4.90 Å². The fraction of sp³-hybridized carbons (Fsp3) is 0.500. The molecular formula is C18H21ClN4O3. The Morgan fingerprint density at radius 3 is 2.73 bits per heavy atom. The summed E-state index contributed by atoms with van der Waals surface area (Å²) in [6, 6.07) is 3.07. The number of nitrogens with zero attached hydrogens (tertiary/aromatic N) is 1. The van der Waals surface area contributed by atoms with Crippen molar-refractivity contribution < 1.29 is 14.4 Å². The zero-order chi connectivity index (χ0) is 18.6. The standard InChI is InChI=1S/C18H21ClN4O3/c1-9-5-11-7-23(10(2)13(11)6-14(9)19)17(26)20-8-18(12-3-4-12)15(24)21-16(25)22-18/h5-6,10,12H,3-4,7-8H2,1-2H3,(H,20,26)(H2,21,22,24,25)/t10-,18-/m0/s1. The third-order valence-electron chi connectivity index (χ3n) is 5.70. The molecule has 0 unspecified atom stereocenters. The average molecular weight is 377 g/mol. The highest BCUT2D eigenvalue weighted by Gasteiger charge is 2.56. The minimum absolute atomic E-state index is 0.0731. The van der Waals surface area contributed by atoms with Crippen molar-refractivity contribution in [2.24, 2.45) is 5.92 Å². The van der Waals surface area contributed by atoms with E-state index in [1.165, 1.54) is 0 Å². The highest BCUT2D eigenvalue weighted by Crippen LogP contribution is 2.41. The van der Waals surface area contributed by atoms with Gasteiger partial charge in [-0.25, -0.2) is 9.59 Å². The Morgan fingerprint density at radius 1 is 1.38 bits per heavy atom. The van der Waals surface area contributed by atoms with Crippen molar-refractivity contribution >= 4 is 29.6 Å². The summed E-state index contributed by atoms with van der Waals surface area (Å²) in [5, 5.41) is 8.55. The van der Waals surface area contributed by atoms with Gasteiger partial charge in [0.15, 0.2) is 0 Å². The van der Waals surface area contributed by atoms with Gasteiger partial charge in [-0.2, -0.15) is 0 Å². The van der Waals surface area contributed by atoms with Gasteiger partial charge in [0.1, 0.15) is 5.54 Å². The highest BCUT2D eigenvalue weighted by atomic mass is 35.5. The molecule has 7 nitrogen and oxygen atoms in total. The monoisotopic (exact) mass is 376 g/mol. The minimum atomic E-state index is -1.03. The molecule has 2 aliphatic heterocycles. The van der Waals surface area contributed by atoms with Crippen LogP contribution in [0.3, 0.4) is 0 Å². The molecule has 26 heavy (non-hydrogen) atoms. The van der Waals surface area contributed by atoms with Crippen LogP contribution in [0.4, 0.5) is 9.59 Å². The number of hydrogen-bond donors (Lipinski definition) is 3. The number of nitrogens with one attached hydrogen (secondary N) is 3. The lowest BCUT2D eigenvalue weighted by molar-refractivity contribution is -0.124. The number of benzene rings is 1. The second-order valence-corrected chi connectivity index (χ2v) is 7.82. The average Bonchev–Trinajstić information content (AvgIpc) is 3.33. The molecule has 4 rings (SSSR count). The van der Waals surface area contributed by atoms with E-state index in [4.69, 9.17) is 11.6 Å². The fourth-order valence-electron chi connectivity index (χ4n) is 3.97. The minimum Gasteiger partial charge on any atom is -0.335 e. The van der Waals surface area contributed by atoms with Crippen molar-refractivity contribution in [2.45, 2.75) is 44.8 Å². The summed E-state index contributed by atoms with van der Waals surface area (Å²) in [7, 11) is 0. The SMILES string of the molecule is Cc1cc2c(cc1Cl)[C@H](C)N(C(=O)NC[C@@]1(C3CC3)NC(=O)NC1=O)C2. The second-order valence-electron chi connectivity index (χ2n) is 7.42. The van der Waals surface area contributed by atoms with Gasteiger partial charge in [0, 0.05) is 11.6 Å². The van der Waals surface area contributed by atoms with E-state index in [-0.39, 0.29) is 30.4 Å². The van der Waals surface area contributed by atoms with Crippen molar-refractivity contribution in [1.29, 1.82) is 0 Å². The second kappa shape index (κ2) is 5.87. The first-order chi connectivity index (χ1) is 12.3. The van der Waals surface area contributed by atoms with E-state index in [1.807, 2.05) is 26.0 Å². The number of urea groups is 2. The number of hydrogen-bond acceptors (Lipinski definition) is 3. The van der Waals surface area contributed by atoms with Crippen molar-refractivity contribution in [3.05, 3.63) is 33.8 Å². The summed E-state index contributed by atoms with van der Waals surface area (Å²) < 4.78 is 0. The highest BCUT2D eigenvalue weighted by molar-refractivity contribution is 6.31. The van der Waals surface area contributed by atoms with Crippen LogP contribution in [0.25, 0.3) is 0 Å². The Morgan fingerprint density at radius 2 is 2.12 bits per heavy atom. The normalized spacial score (nSPS) is 27.2. The number of rotatable bonds is 3. The van der Waals surface area contributed by atoms with Crippen LogP contribution in [0.15, 0.2) is 12.1 Å². The summed E-state index contributed by atoms with van der Waals surface area (Å²) in [6.45, 7) is 4.48. The van der Waals surface area contributed by atoms with Gasteiger partial charge in [0.05, 0.1) is 12.6 Å². The number of fused-ring (bicyclic) bond motifs is 1. The first-order valence-corrected chi connectivity index (χ1v) is 9.16. The van der Waals surface area contributed by atoms with Crippen LogP contribution in [0.5, 0.6) is 0 Å². The van der Waals surface area contributed by atoms with Crippen LogP contribution < -0.4 is 16.0 Å². The first-order valence-electron chi connectivity index (χ1n) is 8.79. The molecule has 1 aromatic carbocycles. The summed E-state index contributed by atoms with van der Waals surface area (Å²) in [5.41, 5.74) is 2.08. The molecule has 0 spiro atoms. The Bertz CT molecular complexity index is 823. The molecule has 2 atom stereocenters. The molecule has 2 fully saturated rings. The molecule has 1 aromatic rings. The predicted octanol–water partition coefficient (Wildman–Crippen LogP) is 2.22. The van der Waals surface area contributed by atoms with E-state index in [0.29, 0.717) is 11.6 Å². The van der Waals surface area contributed by atoms with Crippen LogP contribution in [-0.2, 0) is 11.3 Å². The van der Waals surface area contributed by atoms with Gasteiger partial charge in [-0.1, -0.05) is 17.7 Å². The molecule has 8 heteroatoms. The van der Waals surface area contributed by atoms with Gasteiger partial charge < -0.3 is 15.5 Å². The zero-order valence-electron chi connectivity index (χ0n) is 14.7. The van der Waals surface area contributed by atoms with E-state index < -0.39 is 11.6 Å². The summed E-state index contributed by atoms with van der Waals surface area (Å²) in [4.78, 5) is 38.3. The number of amides is 5. The maximum atomic E-state index is 12.8. The van der Waals surface area contributed by atoms with Crippen LogP contribution in [0, 0.1) is 12.8 Å². The molecule has 1 aliphatic carbocycles. The number of carbonyl (C=O) groups excluding carboxylic acids is 3. The fourth-order valence-corrected chi connectivity index (χ4v) is 4.14. The Labute approximate surface area is 156 Å². The smallest absolute Gasteiger partial charge is 0.322 e. The van der Waals surface area contributed by atoms with Gasteiger partial charge in [0.2, 0.25) is 0 Å². The summed E-state index contributed by atoms with van der Waals surface area (Å²) >= 11 is 6.22. The summed E-state index contributed by atoms with van der Waals surface area (Å²) in [6.07, 6.45) is 1.74. The Hall–Kier alpha value is -2.28. The molecule has 3 N–H and O–H groups in total. The topological polar surface area (TPSA) is 90.5 Å². The molecule has 5 amide bonds. The molecule has 3 aliphatic rings. The number of aryl methyl sites for hydroxylation is 1. The van der Waals surface area contributed by atoms with Crippen molar-refractivity contribution in [3.63, 3.8) is 0 Å². The van der Waals surface area contributed by atoms with E-state index in [0.717, 1.165) is 29.5 Å². The van der Waals surface area contributed by atoms with Gasteiger partial charge in [0.25, 0.3) is 5.91 Å². The van der Waals surface area contributed by atoms with Gasteiger partial charge in [-0.05, 0) is 55.4 Å². The Balaban J connectivity index is 1.47. The van der Waals surface area contributed by atoms with Gasteiger partial charge >= 0.3 is 12.1 Å². The number of carbonyl (C=O) groups is 3. The molecule has 0 bridgehead atoms. The molecule has 0 radical (unpaired) electrons. The van der Waals surface area contributed by atoms with Crippen molar-refractivity contribution in [3.8, 4) is 0 Å². The van der Waals surface area contributed by atoms with E-state index >= 15 is 0 Å². The van der Waals surface area contributed by atoms with E-state index in [9.17, 15) is 14.4 Å². The lowest BCUT2D eigenvalue weighted by atomic mass is 9.93. The maximum absolute atomic E-state index is 12.8. The largest absolute Gasteiger partial charge is 0.335 e. The Kier molecular flexibility index (Phi) is 3.87. The van der Waals surface area contributed by atoms with Crippen LogP contribution in [0.2, 0.25) is 5.02 Å². The zero-order valence-corrected chi connectivity index (χ0v) is 15.4. The van der Waals surface area contributed by atoms with Crippen molar-refractivity contribution in [2.75, 3.05) is 6.54 Å². The maximum Gasteiger partial charge on any atom is 0.322 e. The van der Waals surface area contributed by atoms with E-state index in [2.05, 4.69) is 16.0 Å². The first kappa shape index (κ1) is 17.1. The molecule has 1 saturated carbocycles. The predicted molar refractivity (Wildman–Crippen MR) is 95.7 cm³/mol. The molecule has 138 valence electrons. The molecule has 0 aromatic heterocycles. The van der Waals surface area contributed by atoms with Crippen LogP contribution >= 0.6 is 11.6 Å². The van der Waals surface area contributed by atoms with Crippen molar-refractivity contribution in [1.82, 2.24) is 20.9 Å². The molecule has 2 heterocycles. The lowest BCUT2D eigenvalue weighted by Gasteiger charge is -2.29. The van der Waals surface area contributed by atoms with Gasteiger partial charge in [-0.15, -0.1) is 0 Å². The van der Waals surface area contributed by atoms with Crippen LogP contribution in [-0.4, -0.2) is 35.0 Å². The van der Waals surface area contributed by atoms with Gasteiger partial charge in [-0.3, -0.25) is 10.1 Å². The number of imide groups is 1. The quantitative estimate of drug-likeness (QED) is 0.706. The van der Waals surface area contributed by atoms with Crippen LogP contribution in [0.1, 0.15) is 42.5 Å². The molecule has 1 saturated heterocycles. The third kappa shape index (κ3) is 2.61. The molecular weight excluding hydrogens is 356 g/mol. The number of halogens is 1. The summed E-state index contributed by atoms with van der Waals surface area (Å²) in [5.74, 6) is -0.283. The third-order valence-corrected chi connectivity index (χ3v) is 6.11. The lowest BCUT2D eigenvalue weighted by Crippen LogP contribution is -2.58.